The summed E-state index contributed by atoms with van der Waals surface area (Å²) in [5.41, 5.74) is 3.67. The lowest BCUT2D eigenvalue weighted by Crippen LogP contribution is -2.38. The van der Waals surface area contributed by atoms with Gasteiger partial charge in [0, 0.05) is 23.6 Å². The van der Waals surface area contributed by atoms with Crippen molar-refractivity contribution in [2.24, 2.45) is 5.10 Å². The topological polar surface area (TPSA) is 117 Å². The molecule has 1 aliphatic heterocycles. The number of aryl methyl sites for hydroxylation is 2. The standard InChI is InChI=1S/C24H25ClN4O5/c1-14-7-8-15(2)20(11-14)29-23(32)10-9-19(28-29)24(33)34-13-22(31)26-12-21(30)27-18-6-4-5-17(25)16(18)3/h4-8,11H,9-10,12-13H2,1-3H3,(H,26,31)(H,27,30). The van der Waals surface area contributed by atoms with Crippen LogP contribution in [0.4, 0.5) is 11.4 Å². The molecule has 3 amide bonds. The van der Waals surface area contributed by atoms with Gasteiger partial charge in [-0.1, -0.05) is 29.8 Å². The zero-order valence-electron chi connectivity index (χ0n) is 19.1. The van der Waals surface area contributed by atoms with Crippen LogP contribution in [0.5, 0.6) is 0 Å². The Bertz CT molecular complexity index is 1180. The number of carbonyl (C=O) groups excluding carboxylic acids is 4. The molecule has 0 aromatic heterocycles. The minimum absolute atomic E-state index is 0.0440. The van der Waals surface area contributed by atoms with E-state index >= 15 is 0 Å². The molecule has 0 aliphatic carbocycles. The van der Waals surface area contributed by atoms with Crippen molar-refractivity contribution in [3.8, 4) is 0 Å². The summed E-state index contributed by atoms with van der Waals surface area (Å²) in [4.78, 5) is 48.9. The van der Waals surface area contributed by atoms with Crippen molar-refractivity contribution in [2.75, 3.05) is 23.5 Å². The molecule has 3 rings (SSSR count). The zero-order valence-corrected chi connectivity index (χ0v) is 19.9. The van der Waals surface area contributed by atoms with Crippen LogP contribution in [-0.4, -0.2) is 42.6 Å². The normalized spacial score (nSPS) is 13.2. The summed E-state index contributed by atoms with van der Waals surface area (Å²) in [6, 6.07) is 10.7. The monoisotopic (exact) mass is 484 g/mol. The third-order valence-electron chi connectivity index (χ3n) is 5.18. The molecule has 1 aliphatic rings. The summed E-state index contributed by atoms with van der Waals surface area (Å²) in [7, 11) is 0. The van der Waals surface area contributed by atoms with Crippen LogP contribution < -0.4 is 15.6 Å². The Morgan fingerprint density at radius 1 is 1.09 bits per heavy atom. The van der Waals surface area contributed by atoms with E-state index in [4.69, 9.17) is 16.3 Å². The van der Waals surface area contributed by atoms with Gasteiger partial charge in [-0.15, -0.1) is 0 Å². The van der Waals surface area contributed by atoms with E-state index < -0.39 is 24.4 Å². The second-order valence-electron chi connectivity index (χ2n) is 7.86. The highest BCUT2D eigenvalue weighted by Gasteiger charge is 2.27. The number of nitrogens with zero attached hydrogens (tertiary/aromatic N) is 2. The molecule has 0 atom stereocenters. The minimum atomic E-state index is -0.794. The Kier molecular flexibility index (Phi) is 8.01. The number of hydrazone groups is 1. The molecule has 0 saturated heterocycles. The highest BCUT2D eigenvalue weighted by atomic mass is 35.5. The van der Waals surface area contributed by atoms with Gasteiger partial charge in [-0.05, 0) is 55.7 Å². The number of nitrogens with one attached hydrogen (secondary N) is 2. The molecule has 0 fully saturated rings. The van der Waals surface area contributed by atoms with Gasteiger partial charge in [-0.25, -0.2) is 4.79 Å². The summed E-state index contributed by atoms with van der Waals surface area (Å²) in [5, 5.41) is 10.9. The third-order valence-corrected chi connectivity index (χ3v) is 5.59. The lowest BCUT2D eigenvalue weighted by molar-refractivity contribution is -0.142. The molecule has 0 saturated carbocycles. The van der Waals surface area contributed by atoms with Crippen molar-refractivity contribution in [3.05, 3.63) is 58.1 Å². The number of ether oxygens (including phenoxy) is 1. The first-order chi connectivity index (χ1) is 16.2. The van der Waals surface area contributed by atoms with Crippen LogP contribution in [0.25, 0.3) is 0 Å². The fraction of sp³-hybridized carbons (Fsp3) is 0.292. The molecule has 2 N–H and O–H groups in total. The summed E-state index contributed by atoms with van der Waals surface area (Å²) in [5.74, 6) is -2.13. The molecule has 0 bridgehead atoms. The molecule has 2 aromatic rings. The lowest BCUT2D eigenvalue weighted by Gasteiger charge is -2.24. The summed E-state index contributed by atoms with van der Waals surface area (Å²) < 4.78 is 5.03. The van der Waals surface area contributed by atoms with Crippen molar-refractivity contribution in [3.63, 3.8) is 0 Å². The van der Waals surface area contributed by atoms with Gasteiger partial charge in [0.05, 0.1) is 12.2 Å². The van der Waals surface area contributed by atoms with E-state index in [0.29, 0.717) is 22.0 Å². The fourth-order valence-corrected chi connectivity index (χ4v) is 3.39. The molecule has 34 heavy (non-hydrogen) atoms. The smallest absolute Gasteiger partial charge is 0.355 e. The van der Waals surface area contributed by atoms with E-state index in [1.807, 2.05) is 32.0 Å². The Morgan fingerprint density at radius 3 is 2.62 bits per heavy atom. The lowest BCUT2D eigenvalue weighted by atomic mass is 10.1. The molecule has 0 unspecified atom stereocenters. The number of carbonyl (C=O) groups is 4. The Hall–Kier alpha value is -3.72. The Morgan fingerprint density at radius 2 is 1.85 bits per heavy atom. The SMILES string of the molecule is Cc1ccc(C)c(N2N=C(C(=O)OCC(=O)NCC(=O)Nc3cccc(Cl)c3C)CCC2=O)c1. The molecular weight excluding hydrogens is 460 g/mol. The molecule has 10 heteroatoms. The van der Waals surface area contributed by atoms with E-state index in [1.165, 1.54) is 5.01 Å². The average molecular weight is 485 g/mol. The van der Waals surface area contributed by atoms with Crippen molar-refractivity contribution < 1.29 is 23.9 Å². The van der Waals surface area contributed by atoms with Crippen molar-refractivity contribution in [1.29, 1.82) is 0 Å². The molecule has 2 aromatic carbocycles. The van der Waals surface area contributed by atoms with Crippen molar-refractivity contribution in [1.82, 2.24) is 5.32 Å². The van der Waals surface area contributed by atoms with Crippen LogP contribution in [-0.2, 0) is 23.9 Å². The van der Waals surface area contributed by atoms with Gasteiger partial charge in [0.2, 0.25) is 11.8 Å². The number of esters is 1. The molecule has 0 radical (unpaired) electrons. The zero-order chi connectivity index (χ0) is 24.8. The molecular formula is C24H25ClN4O5. The Labute approximate surface area is 202 Å². The third kappa shape index (κ3) is 6.20. The number of amides is 3. The fourth-order valence-electron chi connectivity index (χ4n) is 3.22. The number of hydrogen-bond donors (Lipinski definition) is 2. The minimum Gasteiger partial charge on any atom is -0.451 e. The van der Waals surface area contributed by atoms with Crippen molar-refractivity contribution >= 4 is 52.4 Å². The second kappa shape index (κ2) is 10.9. The van der Waals surface area contributed by atoms with E-state index in [2.05, 4.69) is 15.7 Å². The first-order valence-electron chi connectivity index (χ1n) is 10.6. The van der Waals surface area contributed by atoms with Crippen molar-refractivity contribution in [2.45, 2.75) is 33.6 Å². The van der Waals surface area contributed by atoms with Crippen LogP contribution in [0.1, 0.15) is 29.5 Å². The summed E-state index contributed by atoms with van der Waals surface area (Å²) in [6.45, 7) is 4.61. The number of anilines is 2. The highest BCUT2D eigenvalue weighted by molar-refractivity contribution is 6.38. The van der Waals surface area contributed by atoms with Gasteiger partial charge in [-0.3, -0.25) is 14.4 Å². The number of halogens is 1. The summed E-state index contributed by atoms with van der Waals surface area (Å²) >= 11 is 6.03. The van der Waals surface area contributed by atoms with Crippen LogP contribution >= 0.6 is 11.6 Å². The maximum absolute atomic E-state index is 12.4. The van der Waals surface area contributed by atoms with Gasteiger partial charge >= 0.3 is 5.97 Å². The van der Waals surface area contributed by atoms with E-state index in [-0.39, 0.29) is 31.0 Å². The van der Waals surface area contributed by atoms with Crippen LogP contribution in [0.15, 0.2) is 41.5 Å². The maximum Gasteiger partial charge on any atom is 0.355 e. The predicted octanol–water partition coefficient (Wildman–Crippen LogP) is 3.05. The first-order valence-corrected chi connectivity index (χ1v) is 11.0. The quantitative estimate of drug-likeness (QED) is 0.586. The number of hydrogen-bond acceptors (Lipinski definition) is 6. The van der Waals surface area contributed by atoms with Gasteiger partial charge < -0.3 is 15.4 Å². The largest absolute Gasteiger partial charge is 0.451 e. The molecule has 178 valence electrons. The maximum atomic E-state index is 12.4. The van der Waals surface area contributed by atoms with E-state index in [1.54, 1.807) is 25.1 Å². The van der Waals surface area contributed by atoms with Gasteiger partial charge in [0.15, 0.2) is 6.61 Å². The van der Waals surface area contributed by atoms with Crippen LogP contribution in [0.3, 0.4) is 0 Å². The average Bonchev–Trinajstić information content (AvgIpc) is 2.81. The Balaban J connectivity index is 1.53. The van der Waals surface area contributed by atoms with E-state index in [0.717, 1.165) is 11.1 Å². The number of rotatable bonds is 7. The van der Waals surface area contributed by atoms with Gasteiger partial charge in [0.1, 0.15) is 5.71 Å². The van der Waals surface area contributed by atoms with Gasteiger partial charge in [0.25, 0.3) is 5.91 Å². The summed E-state index contributed by atoms with van der Waals surface area (Å²) in [6.07, 6.45) is 0.207. The predicted molar refractivity (Wildman–Crippen MR) is 129 cm³/mol. The van der Waals surface area contributed by atoms with Gasteiger partial charge in [-0.2, -0.15) is 10.1 Å². The molecule has 1 heterocycles. The highest BCUT2D eigenvalue weighted by Crippen LogP contribution is 2.26. The second-order valence-corrected chi connectivity index (χ2v) is 8.26. The number of benzene rings is 2. The van der Waals surface area contributed by atoms with Crippen LogP contribution in [0.2, 0.25) is 5.02 Å². The van der Waals surface area contributed by atoms with E-state index in [9.17, 15) is 19.2 Å². The molecule has 0 spiro atoms. The van der Waals surface area contributed by atoms with Crippen LogP contribution in [0, 0.1) is 20.8 Å². The first kappa shape index (κ1) is 24.9. The molecule has 9 nitrogen and oxygen atoms in total.